The van der Waals surface area contributed by atoms with Crippen LogP contribution in [0.15, 0.2) is 140 Å². The second kappa shape index (κ2) is 10.5. The first-order valence-electron chi connectivity index (χ1n) is 13.7. The SMILES string of the molecule is C1=CC(c2ccc(-c3ccc4cccc(-c5nc(-c6ccccc6)nc(-c6ccccc6)n5)c4c3)cc2)=CCC1. The van der Waals surface area contributed by atoms with Crippen molar-refractivity contribution in [2.45, 2.75) is 12.8 Å². The Morgan fingerprint density at radius 1 is 0.450 bits per heavy atom. The predicted molar refractivity (Wildman–Crippen MR) is 165 cm³/mol. The van der Waals surface area contributed by atoms with Gasteiger partial charge in [-0.1, -0.05) is 133 Å². The number of rotatable bonds is 5. The molecule has 0 saturated heterocycles. The van der Waals surface area contributed by atoms with Crippen LogP contribution in [0.3, 0.4) is 0 Å². The highest BCUT2D eigenvalue weighted by Crippen LogP contribution is 2.33. The van der Waals surface area contributed by atoms with E-state index >= 15 is 0 Å². The Kier molecular flexibility index (Phi) is 6.31. The highest BCUT2D eigenvalue weighted by atomic mass is 15.0. The molecule has 3 nitrogen and oxygen atoms in total. The first kappa shape index (κ1) is 23.9. The molecule has 1 heterocycles. The fourth-order valence-electron chi connectivity index (χ4n) is 5.26. The number of hydrogen-bond donors (Lipinski definition) is 0. The molecule has 3 heteroatoms. The lowest BCUT2D eigenvalue weighted by Gasteiger charge is -2.12. The van der Waals surface area contributed by atoms with Crippen LogP contribution in [-0.2, 0) is 0 Å². The van der Waals surface area contributed by atoms with Crippen LogP contribution in [0.4, 0.5) is 0 Å². The zero-order valence-corrected chi connectivity index (χ0v) is 22.0. The molecule has 0 bridgehead atoms. The predicted octanol–water partition coefficient (Wildman–Crippen LogP) is 9.43. The summed E-state index contributed by atoms with van der Waals surface area (Å²) >= 11 is 0. The zero-order chi connectivity index (χ0) is 26.7. The molecule has 0 radical (unpaired) electrons. The molecule has 1 aliphatic carbocycles. The number of nitrogens with zero attached hydrogens (tertiary/aromatic N) is 3. The van der Waals surface area contributed by atoms with Gasteiger partial charge in [-0.25, -0.2) is 15.0 Å². The third-order valence-corrected chi connectivity index (χ3v) is 7.37. The van der Waals surface area contributed by atoms with Crippen molar-refractivity contribution in [2.75, 3.05) is 0 Å². The summed E-state index contributed by atoms with van der Waals surface area (Å²) in [6.45, 7) is 0. The van der Waals surface area contributed by atoms with E-state index < -0.39 is 0 Å². The lowest BCUT2D eigenvalue weighted by atomic mass is 9.95. The number of benzene rings is 5. The largest absolute Gasteiger partial charge is 0.208 e. The maximum Gasteiger partial charge on any atom is 0.164 e. The topological polar surface area (TPSA) is 38.7 Å². The summed E-state index contributed by atoms with van der Waals surface area (Å²) in [4.78, 5) is 14.8. The maximum absolute atomic E-state index is 4.98. The smallest absolute Gasteiger partial charge is 0.164 e. The van der Waals surface area contributed by atoms with Gasteiger partial charge in [0.2, 0.25) is 0 Å². The van der Waals surface area contributed by atoms with Gasteiger partial charge in [-0.2, -0.15) is 0 Å². The fourth-order valence-corrected chi connectivity index (χ4v) is 5.26. The first-order valence-corrected chi connectivity index (χ1v) is 13.7. The van der Waals surface area contributed by atoms with Crippen LogP contribution in [0.2, 0.25) is 0 Å². The minimum Gasteiger partial charge on any atom is -0.208 e. The van der Waals surface area contributed by atoms with Gasteiger partial charge in [-0.3, -0.25) is 0 Å². The van der Waals surface area contributed by atoms with Crippen LogP contribution in [0.1, 0.15) is 18.4 Å². The third kappa shape index (κ3) is 4.74. The average molecular weight is 514 g/mol. The lowest BCUT2D eigenvalue weighted by molar-refractivity contribution is 1.04. The molecular formula is C37H27N3. The summed E-state index contributed by atoms with van der Waals surface area (Å²) in [7, 11) is 0. The molecule has 0 fully saturated rings. The Bertz CT molecular complexity index is 1810. The highest BCUT2D eigenvalue weighted by Gasteiger charge is 2.14. The molecule has 6 aromatic rings. The minimum atomic E-state index is 0.666. The molecule has 0 N–H and O–H groups in total. The number of aromatic nitrogens is 3. The number of fused-ring (bicyclic) bond motifs is 1. The quantitative estimate of drug-likeness (QED) is 0.230. The third-order valence-electron chi connectivity index (χ3n) is 7.37. The minimum absolute atomic E-state index is 0.666. The van der Waals surface area contributed by atoms with E-state index in [4.69, 9.17) is 15.0 Å². The molecule has 1 aliphatic rings. The zero-order valence-electron chi connectivity index (χ0n) is 22.0. The Labute approximate surface area is 234 Å². The second-order valence-electron chi connectivity index (χ2n) is 10.00. The van der Waals surface area contributed by atoms with Crippen LogP contribution in [0.5, 0.6) is 0 Å². The monoisotopic (exact) mass is 513 g/mol. The van der Waals surface area contributed by atoms with Crippen molar-refractivity contribution in [3.8, 4) is 45.3 Å². The molecule has 0 saturated carbocycles. The molecule has 7 rings (SSSR count). The fraction of sp³-hybridized carbons (Fsp3) is 0.0541. The number of allylic oxidation sites excluding steroid dienone is 4. The van der Waals surface area contributed by atoms with Crippen molar-refractivity contribution >= 4 is 16.3 Å². The molecular weight excluding hydrogens is 486 g/mol. The highest BCUT2D eigenvalue weighted by molar-refractivity contribution is 5.98. The van der Waals surface area contributed by atoms with Gasteiger partial charge in [0.05, 0.1) is 0 Å². The summed E-state index contributed by atoms with van der Waals surface area (Å²) in [6.07, 6.45) is 9.03. The van der Waals surface area contributed by atoms with Gasteiger partial charge < -0.3 is 0 Å². The van der Waals surface area contributed by atoms with E-state index in [1.54, 1.807) is 0 Å². The van der Waals surface area contributed by atoms with E-state index in [-0.39, 0.29) is 0 Å². The summed E-state index contributed by atoms with van der Waals surface area (Å²) in [5.41, 5.74) is 7.83. The van der Waals surface area contributed by atoms with Gasteiger partial charge in [0.25, 0.3) is 0 Å². The van der Waals surface area contributed by atoms with Gasteiger partial charge in [0.1, 0.15) is 0 Å². The molecule has 0 amide bonds. The Hall–Kier alpha value is -5.15. The van der Waals surface area contributed by atoms with Gasteiger partial charge in [-0.15, -0.1) is 0 Å². The van der Waals surface area contributed by atoms with Gasteiger partial charge in [0, 0.05) is 16.7 Å². The van der Waals surface area contributed by atoms with E-state index in [0.29, 0.717) is 17.5 Å². The lowest BCUT2D eigenvalue weighted by Crippen LogP contribution is -2.00. The van der Waals surface area contributed by atoms with Gasteiger partial charge >= 0.3 is 0 Å². The Morgan fingerprint density at radius 2 is 1.07 bits per heavy atom. The molecule has 40 heavy (non-hydrogen) atoms. The molecule has 0 unspecified atom stereocenters. The van der Waals surface area contributed by atoms with Crippen LogP contribution >= 0.6 is 0 Å². The standard InChI is InChI=1S/C37H27N3/c1-4-11-26(12-5-1)27-19-21-28(22-20-27)32-24-23-29-17-10-18-33(34(29)25-32)37-39-35(30-13-6-2-7-14-30)38-36(40-37)31-15-8-3-9-16-31/h2-4,6-25H,1,5H2. The van der Waals surface area contributed by atoms with Crippen LogP contribution in [0, 0.1) is 0 Å². The van der Waals surface area contributed by atoms with Crippen molar-refractivity contribution < 1.29 is 0 Å². The van der Waals surface area contributed by atoms with Crippen molar-refractivity contribution in [1.29, 1.82) is 0 Å². The summed E-state index contributed by atoms with van der Waals surface area (Å²) < 4.78 is 0. The van der Waals surface area contributed by atoms with E-state index in [1.807, 2.05) is 60.7 Å². The summed E-state index contributed by atoms with van der Waals surface area (Å²) in [6, 6.07) is 42.0. The average Bonchev–Trinajstić information content (AvgIpc) is 3.05. The number of hydrogen-bond acceptors (Lipinski definition) is 3. The molecule has 0 atom stereocenters. The summed E-state index contributed by atoms with van der Waals surface area (Å²) in [5, 5.41) is 2.27. The van der Waals surface area contributed by atoms with Crippen molar-refractivity contribution in [3.05, 3.63) is 145 Å². The molecule has 0 aliphatic heterocycles. The molecule has 1 aromatic heterocycles. The van der Waals surface area contributed by atoms with Crippen LogP contribution in [-0.4, -0.2) is 15.0 Å². The van der Waals surface area contributed by atoms with E-state index in [1.165, 1.54) is 22.3 Å². The van der Waals surface area contributed by atoms with Crippen molar-refractivity contribution in [1.82, 2.24) is 15.0 Å². The van der Waals surface area contributed by atoms with E-state index in [2.05, 4.69) is 78.9 Å². The van der Waals surface area contributed by atoms with E-state index in [9.17, 15) is 0 Å². The normalized spacial score (nSPS) is 12.8. The molecule has 5 aromatic carbocycles. The molecule has 0 spiro atoms. The van der Waals surface area contributed by atoms with Crippen LogP contribution < -0.4 is 0 Å². The first-order chi connectivity index (χ1) is 19.8. The summed E-state index contributed by atoms with van der Waals surface area (Å²) in [5.74, 6) is 2.00. The van der Waals surface area contributed by atoms with Crippen molar-refractivity contribution in [3.63, 3.8) is 0 Å². The second-order valence-corrected chi connectivity index (χ2v) is 10.00. The Morgan fingerprint density at radius 3 is 1.73 bits per heavy atom. The van der Waals surface area contributed by atoms with Crippen LogP contribution in [0.25, 0.3) is 61.6 Å². The van der Waals surface area contributed by atoms with E-state index in [0.717, 1.165) is 40.3 Å². The molecule has 190 valence electrons. The Balaban J connectivity index is 1.35. The van der Waals surface area contributed by atoms with Crippen molar-refractivity contribution in [2.24, 2.45) is 0 Å². The van der Waals surface area contributed by atoms with Gasteiger partial charge in [0.15, 0.2) is 17.5 Å². The van der Waals surface area contributed by atoms with Gasteiger partial charge in [-0.05, 0) is 51.9 Å². The maximum atomic E-state index is 4.98.